The number of aromatic carboxylic acids is 1. The molecular formula is C15H23N3O4S. The Balaban J connectivity index is 1.91. The molecule has 0 unspecified atom stereocenters. The minimum absolute atomic E-state index is 0.148. The Kier molecular flexibility index (Phi) is 6.11. The van der Waals surface area contributed by atoms with Gasteiger partial charge >= 0.3 is 5.97 Å². The molecule has 1 aromatic heterocycles. The Hall–Kier alpha value is -1.48. The molecule has 1 aliphatic heterocycles. The summed E-state index contributed by atoms with van der Waals surface area (Å²) in [6.45, 7) is 7.85. The molecule has 0 radical (unpaired) electrons. The highest BCUT2D eigenvalue weighted by atomic mass is 32.1. The second kappa shape index (κ2) is 7.87. The van der Waals surface area contributed by atoms with E-state index in [1.807, 2.05) is 11.8 Å². The molecule has 3 N–H and O–H groups in total. The zero-order valence-corrected chi connectivity index (χ0v) is 14.3. The lowest BCUT2D eigenvalue weighted by atomic mass is 10.1. The van der Waals surface area contributed by atoms with Gasteiger partial charge in [0.15, 0.2) is 0 Å². The second-order valence-corrected chi connectivity index (χ2v) is 6.91. The van der Waals surface area contributed by atoms with Crippen molar-refractivity contribution in [2.24, 2.45) is 0 Å². The first-order chi connectivity index (χ1) is 10.9. The van der Waals surface area contributed by atoms with E-state index in [9.17, 15) is 14.7 Å². The SMILES string of the molecule is Cc1sc(NC(=O)CN2CCN(CCO)CC2)c(C(=O)O)c1C. The van der Waals surface area contributed by atoms with Crippen LogP contribution in [0, 0.1) is 13.8 Å². The van der Waals surface area contributed by atoms with Crippen molar-refractivity contribution in [3.63, 3.8) is 0 Å². The number of nitrogens with one attached hydrogen (secondary N) is 1. The number of carbonyl (C=O) groups excluding carboxylic acids is 1. The van der Waals surface area contributed by atoms with Crippen molar-refractivity contribution in [2.75, 3.05) is 51.2 Å². The van der Waals surface area contributed by atoms with Crippen LogP contribution in [0.1, 0.15) is 20.8 Å². The van der Waals surface area contributed by atoms with E-state index in [1.54, 1.807) is 6.92 Å². The van der Waals surface area contributed by atoms with E-state index in [2.05, 4.69) is 10.2 Å². The van der Waals surface area contributed by atoms with E-state index in [0.29, 0.717) is 17.1 Å². The summed E-state index contributed by atoms with van der Waals surface area (Å²) >= 11 is 1.30. The number of anilines is 1. The van der Waals surface area contributed by atoms with Gasteiger partial charge in [-0.1, -0.05) is 0 Å². The van der Waals surface area contributed by atoms with Crippen molar-refractivity contribution in [3.8, 4) is 0 Å². The summed E-state index contributed by atoms with van der Waals surface area (Å²) in [7, 11) is 0. The minimum Gasteiger partial charge on any atom is -0.478 e. The van der Waals surface area contributed by atoms with E-state index < -0.39 is 5.97 Å². The molecule has 8 heteroatoms. The fraction of sp³-hybridized carbons (Fsp3) is 0.600. The number of hydrogen-bond acceptors (Lipinski definition) is 6. The van der Waals surface area contributed by atoms with Crippen LogP contribution in [0.5, 0.6) is 0 Å². The summed E-state index contributed by atoms with van der Waals surface area (Å²) in [4.78, 5) is 28.6. The van der Waals surface area contributed by atoms with Gasteiger partial charge in [0.1, 0.15) is 5.00 Å². The van der Waals surface area contributed by atoms with Crippen LogP contribution in [0.3, 0.4) is 0 Å². The predicted octanol–water partition coefficient (Wildman–Crippen LogP) is 0.612. The number of thiophene rings is 1. The molecule has 0 spiro atoms. The van der Waals surface area contributed by atoms with Gasteiger partial charge in [0, 0.05) is 37.6 Å². The number of aliphatic hydroxyl groups is 1. The highest BCUT2D eigenvalue weighted by Gasteiger charge is 2.22. The minimum atomic E-state index is -1.01. The van der Waals surface area contributed by atoms with Crippen LogP contribution in [0.4, 0.5) is 5.00 Å². The molecular weight excluding hydrogens is 318 g/mol. The fourth-order valence-electron chi connectivity index (χ4n) is 2.65. The maximum absolute atomic E-state index is 12.2. The summed E-state index contributed by atoms with van der Waals surface area (Å²) in [6.07, 6.45) is 0. The van der Waals surface area contributed by atoms with Gasteiger partial charge in [-0.05, 0) is 19.4 Å². The Bertz CT molecular complexity index is 580. The Morgan fingerprint density at radius 3 is 2.35 bits per heavy atom. The monoisotopic (exact) mass is 341 g/mol. The maximum atomic E-state index is 12.2. The van der Waals surface area contributed by atoms with Crippen molar-refractivity contribution >= 4 is 28.2 Å². The number of carboxylic acids is 1. The zero-order chi connectivity index (χ0) is 17.0. The predicted molar refractivity (Wildman–Crippen MR) is 89.3 cm³/mol. The molecule has 128 valence electrons. The van der Waals surface area contributed by atoms with Gasteiger partial charge in [0.2, 0.25) is 5.91 Å². The average Bonchev–Trinajstić information content (AvgIpc) is 2.76. The van der Waals surface area contributed by atoms with Crippen LogP contribution in [0.25, 0.3) is 0 Å². The molecule has 0 saturated carbocycles. The summed E-state index contributed by atoms with van der Waals surface area (Å²) in [5, 5.41) is 21.4. The number of carbonyl (C=O) groups is 2. The fourth-order valence-corrected chi connectivity index (χ4v) is 3.72. The molecule has 2 rings (SSSR count). The third-order valence-corrected chi connectivity index (χ3v) is 5.22. The van der Waals surface area contributed by atoms with E-state index in [-0.39, 0.29) is 24.6 Å². The van der Waals surface area contributed by atoms with Crippen molar-refractivity contribution in [1.29, 1.82) is 0 Å². The van der Waals surface area contributed by atoms with Crippen LogP contribution in [0.2, 0.25) is 0 Å². The number of hydrogen-bond donors (Lipinski definition) is 3. The molecule has 1 fully saturated rings. The number of rotatable bonds is 6. The van der Waals surface area contributed by atoms with Crippen molar-refractivity contribution < 1.29 is 19.8 Å². The molecule has 0 aromatic carbocycles. The van der Waals surface area contributed by atoms with E-state index in [0.717, 1.165) is 31.1 Å². The number of piperazine rings is 1. The second-order valence-electron chi connectivity index (χ2n) is 5.68. The average molecular weight is 341 g/mol. The van der Waals surface area contributed by atoms with Crippen molar-refractivity contribution in [1.82, 2.24) is 9.80 Å². The Morgan fingerprint density at radius 2 is 1.78 bits per heavy atom. The number of aliphatic hydroxyl groups excluding tert-OH is 1. The number of amides is 1. The molecule has 1 saturated heterocycles. The normalized spacial score (nSPS) is 16.5. The van der Waals surface area contributed by atoms with Gasteiger partial charge in [-0.3, -0.25) is 14.6 Å². The number of β-amino-alcohol motifs (C(OH)–C–C–N with tert-alkyl or cyclic N) is 1. The number of carboxylic acid groups (broad SMARTS) is 1. The molecule has 23 heavy (non-hydrogen) atoms. The highest BCUT2D eigenvalue weighted by Crippen LogP contribution is 2.32. The summed E-state index contributed by atoms with van der Waals surface area (Å²) in [5.41, 5.74) is 0.893. The van der Waals surface area contributed by atoms with E-state index in [1.165, 1.54) is 11.3 Å². The van der Waals surface area contributed by atoms with Gasteiger partial charge in [-0.2, -0.15) is 0 Å². The van der Waals surface area contributed by atoms with Gasteiger partial charge in [-0.15, -0.1) is 11.3 Å². The van der Waals surface area contributed by atoms with Gasteiger partial charge in [0.25, 0.3) is 0 Å². The molecule has 2 heterocycles. The molecule has 7 nitrogen and oxygen atoms in total. The van der Waals surface area contributed by atoms with Crippen LogP contribution >= 0.6 is 11.3 Å². The largest absolute Gasteiger partial charge is 0.478 e. The number of aryl methyl sites for hydroxylation is 1. The first-order valence-electron chi connectivity index (χ1n) is 7.61. The van der Waals surface area contributed by atoms with Crippen LogP contribution in [-0.2, 0) is 4.79 Å². The van der Waals surface area contributed by atoms with Crippen LogP contribution in [0.15, 0.2) is 0 Å². The third kappa shape index (κ3) is 4.51. The van der Waals surface area contributed by atoms with Crippen LogP contribution < -0.4 is 5.32 Å². The summed E-state index contributed by atoms with van der Waals surface area (Å²) in [5.74, 6) is -1.20. The van der Waals surface area contributed by atoms with Gasteiger partial charge < -0.3 is 15.5 Å². The first kappa shape index (κ1) is 17.9. The number of nitrogens with zero attached hydrogens (tertiary/aromatic N) is 2. The lowest BCUT2D eigenvalue weighted by molar-refractivity contribution is -0.117. The maximum Gasteiger partial charge on any atom is 0.338 e. The smallest absolute Gasteiger partial charge is 0.338 e. The third-order valence-electron chi connectivity index (χ3n) is 4.10. The molecule has 1 amide bonds. The lowest BCUT2D eigenvalue weighted by Crippen LogP contribution is -2.49. The Morgan fingerprint density at radius 1 is 1.17 bits per heavy atom. The topological polar surface area (TPSA) is 93.1 Å². The summed E-state index contributed by atoms with van der Waals surface area (Å²) < 4.78 is 0. The van der Waals surface area contributed by atoms with Gasteiger partial charge in [-0.25, -0.2) is 4.79 Å². The van der Waals surface area contributed by atoms with Crippen molar-refractivity contribution in [2.45, 2.75) is 13.8 Å². The lowest BCUT2D eigenvalue weighted by Gasteiger charge is -2.33. The van der Waals surface area contributed by atoms with Crippen LogP contribution in [-0.4, -0.2) is 77.8 Å². The molecule has 0 bridgehead atoms. The molecule has 1 aliphatic rings. The van der Waals surface area contributed by atoms with E-state index in [4.69, 9.17) is 5.11 Å². The molecule has 1 aromatic rings. The summed E-state index contributed by atoms with van der Waals surface area (Å²) in [6, 6.07) is 0. The molecule has 0 atom stereocenters. The van der Waals surface area contributed by atoms with Gasteiger partial charge in [0.05, 0.1) is 18.7 Å². The zero-order valence-electron chi connectivity index (χ0n) is 13.5. The first-order valence-corrected chi connectivity index (χ1v) is 8.42. The quantitative estimate of drug-likeness (QED) is 0.702. The standard InChI is InChI=1S/C15H23N3O4S/c1-10-11(2)23-14(13(10)15(21)22)16-12(20)9-18-5-3-17(4-6-18)7-8-19/h19H,3-9H2,1-2H3,(H,16,20)(H,21,22). The van der Waals surface area contributed by atoms with Crippen molar-refractivity contribution in [3.05, 3.63) is 16.0 Å². The molecule has 0 aliphatic carbocycles. The highest BCUT2D eigenvalue weighted by molar-refractivity contribution is 7.16. The Labute approximate surface area is 139 Å². The van der Waals surface area contributed by atoms with E-state index >= 15 is 0 Å².